The smallest absolute Gasteiger partial charge is 0.310 e. The molecule has 43 heavy (non-hydrogen) atoms. The maximum absolute atomic E-state index is 13.6. The second kappa shape index (κ2) is 13.8. The van der Waals surface area contributed by atoms with Crippen LogP contribution >= 0.6 is 0 Å². The van der Waals surface area contributed by atoms with Gasteiger partial charge in [-0.1, -0.05) is 13.8 Å². The van der Waals surface area contributed by atoms with E-state index in [4.69, 9.17) is 19.9 Å². The van der Waals surface area contributed by atoms with Gasteiger partial charge in [0.25, 0.3) is 5.91 Å². The molecule has 1 fully saturated rings. The summed E-state index contributed by atoms with van der Waals surface area (Å²) in [5.41, 5.74) is 7.00. The number of carboxylic acids is 1. The standard InChI is InChI=1S/C34H43N3O6/c1-23(2)21-37(26-9-13-28(14-10-26)43-30-15-8-25(35)20-31(30)41-5)32(38)24-6-11-27(12-7-24)42-29-16-18-36(19-17-29)22-34(3,4)33(39)40/h6-15,20,23,29H,16-19,21-22,35H2,1-5H3,(H,39,40). The number of carboxylic acid groups (broad SMARTS) is 1. The number of amides is 1. The molecule has 1 aliphatic heterocycles. The molecule has 1 aliphatic rings. The first kappa shape index (κ1) is 31.7. The van der Waals surface area contributed by atoms with E-state index in [0.717, 1.165) is 37.4 Å². The Morgan fingerprint density at radius 1 is 0.977 bits per heavy atom. The Bertz CT molecular complexity index is 1380. The summed E-state index contributed by atoms with van der Waals surface area (Å²) in [5.74, 6) is 1.80. The number of nitrogens with zero attached hydrogens (tertiary/aromatic N) is 2. The molecular formula is C34H43N3O6. The van der Waals surface area contributed by atoms with Gasteiger partial charge in [0.05, 0.1) is 12.5 Å². The van der Waals surface area contributed by atoms with Crippen LogP contribution in [-0.2, 0) is 4.79 Å². The molecule has 3 N–H and O–H groups in total. The minimum absolute atomic E-state index is 0.0529. The monoisotopic (exact) mass is 589 g/mol. The zero-order valence-electron chi connectivity index (χ0n) is 25.7. The quantitative estimate of drug-likeness (QED) is 0.236. The van der Waals surface area contributed by atoms with Gasteiger partial charge in [-0.15, -0.1) is 0 Å². The van der Waals surface area contributed by atoms with Crippen molar-refractivity contribution in [3.63, 3.8) is 0 Å². The highest BCUT2D eigenvalue weighted by Gasteiger charge is 2.32. The van der Waals surface area contributed by atoms with E-state index in [0.29, 0.717) is 41.6 Å². The van der Waals surface area contributed by atoms with Crippen LogP contribution in [0.3, 0.4) is 0 Å². The minimum Gasteiger partial charge on any atom is -0.493 e. The second-order valence-corrected chi connectivity index (χ2v) is 12.1. The predicted octanol–water partition coefficient (Wildman–Crippen LogP) is 6.33. The van der Waals surface area contributed by atoms with Gasteiger partial charge in [-0.3, -0.25) is 9.59 Å². The van der Waals surface area contributed by atoms with Crippen LogP contribution in [0.15, 0.2) is 66.7 Å². The van der Waals surface area contributed by atoms with Crippen LogP contribution < -0.4 is 24.8 Å². The number of likely N-dealkylation sites (tertiary alicyclic amines) is 1. The number of rotatable bonds is 12. The van der Waals surface area contributed by atoms with Gasteiger partial charge >= 0.3 is 5.97 Å². The fourth-order valence-corrected chi connectivity index (χ4v) is 5.10. The summed E-state index contributed by atoms with van der Waals surface area (Å²) in [6.07, 6.45) is 1.70. The molecule has 0 spiro atoms. The van der Waals surface area contributed by atoms with Gasteiger partial charge in [0.1, 0.15) is 17.6 Å². The highest BCUT2D eigenvalue weighted by atomic mass is 16.5. The number of carbonyl (C=O) groups is 2. The third-order valence-electron chi connectivity index (χ3n) is 7.49. The van der Waals surface area contributed by atoms with E-state index in [2.05, 4.69) is 18.7 Å². The van der Waals surface area contributed by atoms with Gasteiger partial charge < -0.3 is 34.9 Å². The summed E-state index contributed by atoms with van der Waals surface area (Å²) in [4.78, 5) is 29.1. The van der Waals surface area contributed by atoms with Gasteiger partial charge in [0, 0.05) is 49.2 Å². The van der Waals surface area contributed by atoms with E-state index >= 15 is 0 Å². The Morgan fingerprint density at radius 2 is 1.60 bits per heavy atom. The number of benzene rings is 3. The number of hydrogen-bond acceptors (Lipinski definition) is 7. The van der Waals surface area contributed by atoms with Crippen LogP contribution in [-0.4, -0.2) is 61.3 Å². The molecule has 9 nitrogen and oxygen atoms in total. The van der Waals surface area contributed by atoms with Crippen LogP contribution in [0.4, 0.5) is 11.4 Å². The Balaban J connectivity index is 1.38. The number of nitrogen functional groups attached to an aromatic ring is 1. The van der Waals surface area contributed by atoms with Crippen molar-refractivity contribution in [2.75, 3.05) is 43.9 Å². The molecule has 1 saturated heterocycles. The first-order valence-electron chi connectivity index (χ1n) is 14.7. The fourth-order valence-electron chi connectivity index (χ4n) is 5.10. The van der Waals surface area contributed by atoms with Crippen molar-refractivity contribution in [1.29, 1.82) is 0 Å². The molecule has 3 aromatic rings. The number of piperidine rings is 1. The molecular weight excluding hydrogens is 546 g/mol. The minimum atomic E-state index is -0.783. The van der Waals surface area contributed by atoms with Crippen LogP contribution in [0, 0.1) is 11.3 Å². The average molecular weight is 590 g/mol. The van der Waals surface area contributed by atoms with Crippen LogP contribution in [0.25, 0.3) is 0 Å². The van der Waals surface area contributed by atoms with Gasteiger partial charge in [0.15, 0.2) is 11.5 Å². The van der Waals surface area contributed by atoms with Crippen molar-refractivity contribution >= 4 is 23.3 Å². The number of ether oxygens (including phenoxy) is 3. The van der Waals surface area contributed by atoms with E-state index in [1.165, 1.54) is 0 Å². The first-order valence-corrected chi connectivity index (χ1v) is 14.7. The number of anilines is 2. The Hall–Kier alpha value is -4.24. The molecule has 4 rings (SSSR count). The zero-order valence-corrected chi connectivity index (χ0v) is 25.7. The highest BCUT2D eigenvalue weighted by molar-refractivity contribution is 6.06. The molecule has 1 heterocycles. The van der Waals surface area contributed by atoms with Gasteiger partial charge in [-0.05, 0) is 93.3 Å². The predicted molar refractivity (Wildman–Crippen MR) is 168 cm³/mol. The fraction of sp³-hybridized carbons (Fsp3) is 0.412. The summed E-state index contributed by atoms with van der Waals surface area (Å²) < 4.78 is 17.6. The molecule has 0 atom stereocenters. The van der Waals surface area contributed by atoms with Crippen molar-refractivity contribution < 1.29 is 28.9 Å². The van der Waals surface area contributed by atoms with Crippen molar-refractivity contribution in [2.45, 2.75) is 46.6 Å². The third-order valence-corrected chi connectivity index (χ3v) is 7.49. The number of nitrogens with two attached hydrogens (primary N) is 1. The maximum atomic E-state index is 13.6. The Kier molecular flexibility index (Phi) is 10.2. The average Bonchev–Trinajstić information content (AvgIpc) is 2.98. The van der Waals surface area contributed by atoms with Crippen molar-refractivity contribution in [3.8, 4) is 23.0 Å². The second-order valence-electron chi connectivity index (χ2n) is 12.1. The molecule has 0 saturated carbocycles. The summed E-state index contributed by atoms with van der Waals surface area (Å²) in [7, 11) is 1.56. The highest BCUT2D eigenvalue weighted by Crippen LogP contribution is 2.34. The summed E-state index contributed by atoms with van der Waals surface area (Å²) >= 11 is 0. The normalized spacial score (nSPS) is 14.4. The van der Waals surface area contributed by atoms with Crippen LogP contribution in [0.1, 0.15) is 50.9 Å². The molecule has 9 heteroatoms. The number of methoxy groups -OCH3 is 1. The lowest BCUT2D eigenvalue weighted by Gasteiger charge is -2.35. The van der Waals surface area contributed by atoms with E-state index in [9.17, 15) is 14.7 Å². The maximum Gasteiger partial charge on any atom is 0.310 e. The van der Waals surface area contributed by atoms with E-state index in [-0.39, 0.29) is 17.9 Å². The molecule has 230 valence electrons. The third kappa shape index (κ3) is 8.41. The van der Waals surface area contributed by atoms with Gasteiger partial charge in [-0.25, -0.2) is 0 Å². The summed E-state index contributed by atoms with van der Waals surface area (Å²) in [6.45, 7) is 10.3. The van der Waals surface area contributed by atoms with E-state index < -0.39 is 11.4 Å². The number of carbonyl (C=O) groups excluding carboxylic acids is 1. The number of aliphatic carboxylic acids is 1. The molecule has 0 radical (unpaired) electrons. The lowest BCUT2D eigenvalue weighted by Crippen LogP contribution is -2.45. The van der Waals surface area contributed by atoms with Gasteiger partial charge in [0.2, 0.25) is 0 Å². The van der Waals surface area contributed by atoms with Crippen LogP contribution in [0.2, 0.25) is 0 Å². The molecule has 0 unspecified atom stereocenters. The van der Waals surface area contributed by atoms with Crippen LogP contribution in [0.5, 0.6) is 23.0 Å². The lowest BCUT2D eigenvalue weighted by molar-refractivity contribution is -0.148. The van der Waals surface area contributed by atoms with E-state index in [1.807, 2.05) is 36.4 Å². The molecule has 0 aromatic heterocycles. The largest absolute Gasteiger partial charge is 0.493 e. The Morgan fingerprint density at radius 3 is 2.19 bits per heavy atom. The first-order chi connectivity index (χ1) is 20.4. The molecule has 1 amide bonds. The van der Waals surface area contributed by atoms with Crippen molar-refractivity contribution in [1.82, 2.24) is 4.90 Å². The molecule has 0 aliphatic carbocycles. The summed E-state index contributed by atoms with van der Waals surface area (Å²) in [6, 6.07) is 19.9. The van der Waals surface area contributed by atoms with E-state index in [1.54, 1.807) is 56.2 Å². The topological polar surface area (TPSA) is 115 Å². The summed E-state index contributed by atoms with van der Waals surface area (Å²) in [5, 5.41) is 9.42. The zero-order chi connectivity index (χ0) is 31.1. The van der Waals surface area contributed by atoms with Gasteiger partial charge in [-0.2, -0.15) is 0 Å². The number of hydrogen-bond donors (Lipinski definition) is 2. The molecule has 0 bridgehead atoms. The molecule has 3 aromatic carbocycles. The Labute approximate surface area is 254 Å². The SMILES string of the molecule is COc1cc(N)ccc1Oc1ccc(N(CC(C)C)C(=O)c2ccc(OC3CCN(CC(C)(C)C(=O)O)CC3)cc2)cc1. The van der Waals surface area contributed by atoms with Crippen molar-refractivity contribution in [2.24, 2.45) is 11.3 Å². The lowest BCUT2D eigenvalue weighted by atomic mass is 9.92. The van der Waals surface area contributed by atoms with Crippen molar-refractivity contribution in [3.05, 3.63) is 72.3 Å².